The van der Waals surface area contributed by atoms with E-state index in [-0.39, 0.29) is 0 Å². The molecule has 1 saturated heterocycles. The number of piperidine rings is 1. The summed E-state index contributed by atoms with van der Waals surface area (Å²) in [5.41, 5.74) is 2.39. The first kappa shape index (κ1) is 15.7. The van der Waals surface area contributed by atoms with Crippen LogP contribution in [0.15, 0.2) is 24.3 Å². The van der Waals surface area contributed by atoms with E-state index in [4.69, 9.17) is 11.6 Å². The SMILES string of the molecule is CC1CCN(C(=O)CSCc2ccc(CCl)cc2)CC1. The topological polar surface area (TPSA) is 20.3 Å². The zero-order valence-corrected chi connectivity index (χ0v) is 13.6. The number of hydrogen-bond acceptors (Lipinski definition) is 2. The minimum Gasteiger partial charge on any atom is -0.342 e. The number of benzene rings is 1. The first-order chi connectivity index (χ1) is 9.69. The average Bonchev–Trinajstić information content (AvgIpc) is 2.48. The Morgan fingerprint density at radius 2 is 1.85 bits per heavy atom. The van der Waals surface area contributed by atoms with E-state index in [1.807, 2.05) is 4.90 Å². The van der Waals surface area contributed by atoms with Crippen molar-refractivity contribution in [2.45, 2.75) is 31.4 Å². The van der Waals surface area contributed by atoms with Gasteiger partial charge in [-0.05, 0) is 29.9 Å². The zero-order chi connectivity index (χ0) is 14.4. The maximum Gasteiger partial charge on any atom is 0.232 e. The third-order valence-electron chi connectivity index (χ3n) is 3.81. The van der Waals surface area contributed by atoms with Crippen LogP contribution < -0.4 is 0 Å². The van der Waals surface area contributed by atoms with E-state index in [1.54, 1.807) is 11.8 Å². The molecule has 0 spiro atoms. The number of hydrogen-bond donors (Lipinski definition) is 0. The molecule has 1 heterocycles. The van der Waals surface area contributed by atoms with Crippen LogP contribution in [0.4, 0.5) is 0 Å². The lowest BCUT2D eigenvalue weighted by Crippen LogP contribution is -2.38. The summed E-state index contributed by atoms with van der Waals surface area (Å²) in [6, 6.07) is 8.29. The molecule has 1 aromatic carbocycles. The summed E-state index contributed by atoms with van der Waals surface area (Å²) in [4.78, 5) is 14.1. The largest absolute Gasteiger partial charge is 0.342 e. The molecule has 1 aliphatic heterocycles. The Hall–Kier alpha value is -0.670. The number of halogens is 1. The Balaban J connectivity index is 1.70. The van der Waals surface area contributed by atoms with E-state index in [1.165, 1.54) is 5.56 Å². The van der Waals surface area contributed by atoms with Crippen LogP contribution in [0.25, 0.3) is 0 Å². The average molecular weight is 312 g/mol. The predicted octanol–water partition coefficient (Wildman–Crippen LogP) is 3.92. The molecule has 0 unspecified atom stereocenters. The van der Waals surface area contributed by atoms with E-state index in [2.05, 4.69) is 31.2 Å². The fourth-order valence-electron chi connectivity index (χ4n) is 2.33. The predicted molar refractivity (Wildman–Crippen MR) is 87.1 cm³/mol. The van der Waals surface area contributed by atoms with Crippen molar-refractivity contribution in [3.8, 4) is 0 Å². The van der Waals surface area contributed by atoms with E-state index >= 15 is 0 Å². The Bertz CT molecular complexity index is 427. The molecule has 4 heteroatoms. The molecular weight excluding hydrogens is 290 g/mol. The number of thioether (sulfide) groups is 1. The molecule has 2 nitrogen and oxygen atoms in total. The summed E-state index contributed by atoms with van der Waals surface area (Å²) in [5.74, 6) is 3.09. The molecule has 0 atom stereocenters. The van der Waals surface area contributed by atoms with Crippen LogP contribution in [0.3, 0.4) is 0 Å². The summed E-state index contributed by atoms with van der Waals surface area (Å²) in [5, 5.41) is 0. The number of rotatable bonds is 5. The van der Waals surface area contributed by atoms with E-state index in [9.17, 15) is 4.79 Å². The molecule has 1 aliphatic rings. The summed E-state index contributed by atoms with van der Waals surface area (Å²) in [7, 11) is 0. The molecule has 110 valence electrons. The van der Waals surface area contributed by atoms with Crippen LogP contribution >= 0.6 is 23.4 Å². The number of alkyl halides is 1. The normalized spacial score (nSPS) is 16.4. The Morgan fingerprint density at radius 1 is 1.25 bits per heavy atom. The monoisotopic (exact) mass is 311 g/mol. The van der Waals surface area contributed by atoms with Crippen molar-refractivity contribution in [3.05, 3.63) is 35.4 Å². The minimum atomic E-state index is 0.291. The van der Waals surface area contributed by atoms with Crippen molar-refractivity contribution < 1.29 is 4.79 Å². The van der Waals surface area contributed by atoms with E-state index in [0.717, 1.165) is 43.2 Å². The van der Waals surface area contributed by atoms with Gasteiger partial charge in [0, 0.05) is 24.7 Å². The third kappa shape index (κ3) is 4.71. The lowest BCUT2D eigenvalue weighted by molar-refractivity contribution is -0.129. The Morgan fingerprint density at radius 3 is 2.45 bits per heavy atom. The van der Waals surface area contributed by atoms with Crippen LogP contribution in [0.5, 0.6) is 0 Å². The maximum absolute atomic E-state index is 12.1. The standard InChI is InChI=1S/C16H22ClNOS/c1-13-6-8-18(9-7-13)16(19)12-20-11-15-4-2-14(10-17)3-5-15/h2-5,13H,6-12H2,1H3. The third-order valence-corrected chi connectivity index (χ3v) is 5.11. The Labute approximate surface area is 130 Å². The Kier molecular flexibility index (Phi) is 6.24. The highest BCUT2D eigenvalue weighted by Gasteiger charge is 2.19. The van der Waals surface area contributed by atoms with Gasteiger partial charge in [-0.25, -0.2) is 0 Å². The van der Waals surface area contributed by atoms with Gasteiger partial charge in [-0.3, -0.25) is 4.79 Å². The van der Waals surface area contributed by atoms with Gasteiger partial charge in [0.2, 0.25) is 5.91 Å². The van der Waals surface area contributed by atoms with Crippen molar-refractivity contribution in [2.75, 3.05) is 18.8 Å². The number of carbonyl (C=O) groups excluding carboxylic acids is 1. The van der Waals surface area contributed by atoms with Crippen molar-refractivity contribution in [1.82, 2.24) is 4.90 Å². The summed E-state index contributed by atoms with van der Waals surface area (Å²) in [6.45, 7) is 4.14. The molecule has 0 saturated carbocycles. The molecule has 0 N–H and O–H groups in total. The summed E-state index contributed by atoms with van der Waals surface area (Å²) in [6.07, 6.45) is 2.30. The van der Waals surface area contributed by atoms with Crippen LogP contribution in [0.2, 0.25) is 0 Å². The van der Waals surface area contributed by atoms with Gasteiger partial charge in [0.05, 0.1) is 5.75 Å². The molecular formula is C16H22ClNOS. The van der Waals surface area contributed by atoms with Gasteiger partial charge >= 0.3 is 0 Å². The summed E-state index contributed by atoms with van der Waals surface area (Å²) >= 11 is 7.46. The van der Waals surface area contributed by atoms with E-state index in [0.29, 0.717) is 17.5 Å². The second kappa shape index (κ2) is 7.94. The lowest BCUT2D eigenvalue weighted by Gasteiger charge is -2.30. The maximum atomic E-state index is 12.1. The van der Waals surface area contributed by atoms with Crippen LogP contribution in [-0.4, -0.2) is 29.6 Å². The van der Waals surface area contributed by atoms with Gasteiger partial charge in [-0.2, -0.15) is 0 Å². The highest BCUT2D eigenvalue weighted by Crippen LogP contribution is 2.18. The zero-order valence-electron chi connectivity index (χ0n) is 12.0. The summed E-state index contributed by atoms with van der Waals surface area (Å²) < 4.78 is 0. The smallest absolute Gasteiger partial charge is 0.232 e. The highest BCUT2D eigenvalue weighted by atomic mass is 35.5. The molecule has 0 aliphatic carbocycles. The van der Waals surface area contributed by atoms with Gasteiger partial charge in [0.1, 0.15) is 0 Å². The van der Waals surface area contributed by atoms with Crippen molar-refractivity contribution in [3.63, 3.8) is 0 Å². The first-order valence-corrected chi connectivity index (χ1v) is 8.87. The van der Waals surface area contributed by atoms with Crippen molar-refractivity contribution in [2.24, 2.45) is 5.92 Å². The van der Waals surface area contributed by atoms with Crippen LogP contribution in [-0.2, 0) is 16.4 Å². The molecule has 0 bridgehead atoms. The second-order valence-electron chi connectivity index (χ2n) is 5.51. The molecule has 1 amide bonds. The number of amides is 1. The number of carbonyl (C=O) groups is 1. The fraction of sp³-hybridized carbons (Fsp3) is 0.562. The molecule has 1 aromatic rings. The first-order valence-electron chi connectivity index (χ1n) is 7.18. The molecule has 20 heavy (non-hydrogen) atoms. The van der Waals surface area contributed by atoms with Gasteiger partial charge in [0.25, 0.3) is 0 Å². The molecule has 0 radical (unpaired) electrons. The number of likely N-dealkylation sites (tertiary alicyclic amines) is 1. The molecule has 1 fully saturated rings. The molecule has 2 rings (SSSR count). The molecule has 0 aromatic heterocycles. The van der Waals surface area contributed by atoms with Crippen molar-refractivity contribution >= 4 is 29.3 Å². The second-order valence-corrected chi connectivity index (χ2v) is 6.76. The van der Waals surface area contributed by atoms with E-state index < -0.39 is 0 Å². The van der Waals surface area contributed by atoms with Crippen molar-refractivity contribution in [1.29, 1.82) is 0 Å². The van der Waals surface area contributed by atoms with Gasteiger partial charge in [0.15, 0.2) is 0 Å². The minimum absolute atomic E-state index is 0.291. The van der Waals surface area contributed by atoms with Gasteiger partial charge in [-0.15, -0.1) is 23.4 Å². The fourth-order valence-corrected chi connectivity index (χ4v) is 3.40. The lowest BCUT2D eigenvalue weighted by atomic mass is 9.99. The van der Waals surface area contributed by atoms with Gasteiger partial charge < -0.3 is 4.90 Å². The quantitative estimate of drug-likeness (QED) is 0.768. The van der Waals surface area contributed by atoms with Gasteiger partial charge in [-0.1, -0.05) is 31.2 Å². The van der Waals surface area contributed by atoms with Crippen LogP contribution in [0.1, 0.15) is 30.9 Å². The highest BCUT2D eigenvalue weighted by molar-refractivity contribution is 7.99. The number of nitrogens with zero attached hydrogens (tertiary/aromatic N) is 1. The van der Waals surface area contributed by atoms with Crippen LogP contribution in [0, 0.1) is 5.92 Å².